The topological polar surface area (TPSA) is 78.3 Å². The third-order valence-corrected chi connectivity index (χ3v) is 4.91. The van der Waals surface area contributed by atoms with E-state index in [1.165, 1.54) is 0 Å². The number of aryl methyl sites for hydroxylation is 1. The Bertz CT molecular complexity index is 1040. The van der Waals surface area contributed by atoms with Gasteiger partial charge in [0.2, 0.25) is 0 Å². The van der Waals surface area contributed by atoms with E-state index in [1.54, 1.807) is 6.20 Å². The number of amides is 1. The maximum Gasteiger partial charge on any atom is 0.253 e. The molecule has 1 N–H and O–H groups in total. The number of aromatic nitrogens is 3. The van der Waals surface area contributed by atoms with E-state index in [0.29, 0.717) is 30.2 Å². The molecule has 0 bridgehead atoms. The van der Waals surface area contributed by atoms with Crippen LogP contribution in [0.5, 0.6) is 11.5 Å². The lowest BCUT2D eigenvalue weighted by Crippen LogP contribution is -2.27. The third-order valence-electron chi connectivity index (χ3n) is 4.91. The molecular weight excluding hydrogens is 356 g/mol. The Labute approximate surface area is 163 Å². The number of nitrogens with zero attached hydrogens (tertiary/aromatic N) is 3. The largest absolute Gasteiger partial charge is 0.486 e. The van der Waals surface area contributed by atoms with Gasteiger partial charge in [0, 0.05) is 11.4 Å². The maximum atomic E-state index is 12.9. The summed E-state index contributed by atoms with van der Waals surface area (Å²) in [4.78, 5) is 17.5. The fraction of sp³-hybridized carbons (Fsp3) is 0.381. The summed E-state index contributed by atoms with van der Waals surface area (Å²) < 4.78 is 13.1. The first-order chi connectivity index (χ1) is 13.4. The highest BCUT2D eigenvalue weighted by Crippen LogP contribution is 2.32. The van der Waals surface area contributed by atoms with Gasteiger partial charge in [0.05, 0.1) is 23.5 Å². The molecule has 1 unspecified atom stereocenters. The Kier molecular flexibility index (Phi) is 4.66. The minimum atomic E-state index is -0.184. The number of hydrogen-bond donors (Lipinski definition) is 1. The van der Waals surface area contributed by atoms with Gasteiger partial charge in [-0.2, -0.15) is 5.10 Å². The summed E-state index contributed by atoms with van der Waals surface area (Å²) in [6.07, 6.45) is 1.75. The van der Waals surface area contributed by atoms with Gasteiger partial charge in [-0.25, -0.2) is 9.67 Å². The highest BCUT2D eigenvalue weighted by atomic mass is 16.6. The van der Waals surface area contributed by atoms with Crippen molar-refractivity contribution in [3.63, 3.8) is 0 Å². The lowest BCUT2D eigenvalue weighted by molar-refractivity contribution is 0.0939. The van der Waals surface area contributed by atoms with Crippen LogP contribution in [0.2, 0.25) is 0 Å². The summed E-state index contributed by atoms with van der Waals surface area (Å²) >= 11 is 0. The smallest absolute Gasteiger partial charge is 0.253 e. The fourth-order valence-corrected chi connectivity index (χ4v) is 3.36. The van der Waals surface area contributed by atoms with Gasteiger partial charge in [-0.3, -0.25) is 4.79 Å². The number of fused-ring (bicyclic) bond motifs is 2. The van der Waals surface area contributed by atoms with Crippen LogP contribution >= 0.6 is 0 Å². The summed E-state index contributed by atoms with van der Waals surface area (Å²) in [6.45, 7) is 8.99. The van der Waals surface area contributed by atoms with Crippen molar-refractivity contribution in [2.24, 2.45) is 0 Å². The molecule has 1 aliphatic rings. The minimum absolute atomic E-state index is 0.161. The summed E-state index contributed by atoms with van der Waals surface area (Å²) in [5, 5.41) is 8.29. The molecule has 1 atom stereocenters. The normalized spacial score (nSPS) is 14.3. The standard InChI is InChI=1S/C21H24N4O3/c1-12(2)25-20-16(11-22-25)9-17(14(4)23-20)21(26)24-13(3)15-5-6-18-19(10-15)28-8-7-27-18/h5-6,9-13H,7-8H2,1-4H3,(H,24,26). The van der Waals surface area contributed by atoms with Crippen molar-refractivity contribution >= 4 is 16.9 Å². The molecule has 0 saturated heterocycles. The average molecular weight is 380 g/mol. The Morgan fingerprint density at radius 2 is 1.89 bits per heavy atom. The molecule has 1 aliphatic heterocycles. The number of ether oxygens (including phenoxy) is 2. The predicted molar refractivity (Wildman–Crippen MR) is 106 cm³/mol. The van der Waals surface area contributed by atoms with E-state index in [-0.39, 0.29) is 18.0 Å². The van der Waals surface area contributed by atoms with Crippen LogP contribution in [0.15, 0.2) is 30.5 Å². The second-order valence-corrected chi connectivity index (χ2v) is 7.32. The van der Waals surface area contributed by atoms with Gasteiger partial charge in [0.15, 0.2) is 17.1 Å². The van der Waals surface area contributed by atoms with Crippen molar-refractivity contribution in [3.05, 3.63) is 47.3 Å². The van der Waals surface area contributed by atoms with Gasteiger partial charge >= 0.3 is 0 Å². The number of hydrogen-bond acceptors (Lipinski definition) is 5. The first-order valence-electron chi connectivity index (χ1n) is 9.49. The van der Waals surface area contributed by atoms with E-state index in [2.05, 4.69) is 29.2 Å². The zero-order chi connectivity index (χ0) is 19.8. The van der Waals surface area contributed by atoms with Crippen LogP contribution in [0.4, 0.5) is 0 Å². The number of benzene rings is 1. The molecule has 7 heteroatoms. The molecule has 0 saturated carbocycles. The molecule has 4 rings (SSSR count). The molecule has 1 aromatic carbocycles. The van der Waals surface area contributed by atoms with Crippen LogP contribution in [-0.2, 0) is 0 Å². The number of pyridine rings is 1. The van der Waals surface area contributed by atoms with Crippen LogP contribution in [-0.4, -0.2) is 33.9 Å². The highest BCUT2D eigenvalue weighted by Gasteiger charge is 2.19. The lowest BCUT2D eigenvalue weighted by Gasteiger charge is -2.21. The van der Waals surface area contributed by atoms with E-state index >= 15 is 0 Å². The molecule has 0 fully saturated rings. The van der Waals surface area contributed by atoms with Crippen molar-refractivity contribution in [2.45, 2.75) is 39.8 Å². The van der Waals surface area contributed by atoms with Gasteiger partial charge in [-0.05, 0) is 51.5 Å². The van der Waals surface area contributed by atoms with E-state index in [9.17, 15) is 4.79 Å². The summed E-state index contributed by atoms with van der Waals surface area (Å²) in [5.41, 5.74) is 2.99. The zero-order valence-corrected chi connectivity index (χ0v) is 16.5. The van der Waals surface area contributed by atoms with Crippen molar-refractivity contribution in [2.75, 3.05) is 13.2 Å². The number of carbonyl (C=O) groups excluding carboxylic acids is 1. The van der Waals surface area contributed by atoms with Gasteiger partial charge in [0.1, 0.15) is 13.2 Å². The zero-order valence-electron chi connectivity index (χ0n) is 16.5. The number of rotatable bonds is 4. The fourth-order valence-electron chi connectivity index (χ4n) is 3.36. The van der Waals surface area contributed by atoms with E-state index in [0.717, 1.165) is 22.3 Å². The molecular formula is C21H24N4O3. The summed E-state index contributed by atoms with van der Waals surface area (Å²) in [5.74, 6) is 1.29. The first-order valence-corrected chi connectivity index (χ1v) is 9.49. The van der Waals surface area contributed by atoms with Crippen LogP contribution in [0.3, 0.4) is 0 Å². The Hall–Kier alpha value is -3.09. The van der Waals surface area contributed by atoms with Crippen molar-refractivity contribution in [3.8, 4) is 11.5 Å². The summed E-state index contributed by atoms with van der Waals surface area (Å²) in [6, 6.07) is 7.62. The molecule has 0 spiro atoms. The monoisotopic (exact) mass is 380 g/mol. The van der Waals surface area contributed by atoms with Gasteiger partial charge in [0.25, 0.3) is 5.91 Å². The van der Waals surface area contributed by atoms with E-state index < -0.39 is 0 Å². The second-order valence-electron chi connectivity index (χ2n) is 7.32. The van der Waals surface area contributed by atoms with Gasteiger partial charge < -0.3 is 14.8 Å². The Balaban J connectivity index is 1.57. The Morgan fingerprint density at radius 1 is 1.14 bits per heavy atom. The Morgan fingerprint density at radius 3 is 2.64 bits per heavy atom. The van der Waals surface area contributed by atoms with E-state index in [1.807, 2.05) is 42.8 Å². The van der Waals surface area contributed by atoms with Crippen molar-refractivity contribution in [1.82, 2.24) is 20.1 Å². The number of nitrogens with one attached hydrogen (secondary N) is 1. The molecule has 146 valence electrons. The first kappa shape index (κ1) is 18.3. The number of carbonyl (C=O) groups is 1. The molecule has 0 radical (unpaired) electrons. The lowest BCUT2D eigenvalue weighted by atomic mass is 10.1. The molecule has 28 heavy (non-hydrogen) atoms. The molecule has 2 aromatic heterocycles. The van der Waals surface area contributed by atoms with Crippen LogP contribution in [0.25, 0.3) is 11.0 Å². The van der Waals surface area contributed by atoms with E-state index in [4.69, 9.17) is 9.47 Å². The van der Waals surface area contributed by atoms with Crippen LogP contribution in [0, 0.1) is 6.92 Å². The molecule has 3 heterocycles. The van der Waals surface area contributed by atoms with Crippen molar-refractivity contribution < 1.29 is 14.3 Å². The summed E-state index contributed by atoms with van der Waals surface area (Å²) in [7, 11) is 0. The van der Waals surface area contributed by atoms with Crippen LogP contribution in [0.1, 0.15) is 54.5 Å². The van der Waals surface area contributed by atoms with Gasteiger partial charge in [-0.15, -0.1) is 0 Å². The molecule has 0 aliphatic carbocycles. The maximum absolute atomic E-state index is 12.9. The minimum Gasteiger partial charge on any atom is -0.486 e. The SMILES string of the molecule is Cc1nc2c(cnn2C(C)C)cc1C(=O)NC(C)c1ccc2c(c1)OCCO2. The van der Waals surface area contributed by atoms with Gasteiger partial charge in [-0.1, -0.05) is 6.07 Å². The van der Waals surface area contributed by atoms with Crippen molar-refractivity contribution in [1.29, 1.82) is 0 Å². The molecule has 1 amide bonds. The molecule has 3 aromatic rings. The predicted octanol–water partition coefficient (Wildman–Crippen LogP) is 3.58. The van der Waals surface area contributed by atoms with Crippen LogP contribution < -0.4 is 14.8 Å². The molecule has 7 nitrogen and oxygen atoms in total. The highest BCUT2D eigenvalue weighted by molar-refractivity contribution is 5.98. The second kappa shape index (κ2) is 7.14. The quantitative estimate of drug-likeness (QED) is 0.748. The average Bonchev–Trinajstić information content (AvgIpc) is 3.09. The third kappa shape index (κ3) is 3.28.